The molecule has 24 heavy (non-hydrogen) atoms. The molecule has 124 valence electrons. The van der Waals surface area contributed by atoms with E-state index in [0.29, 0.717) is 12.5 Å². The van der Waals surface area contributed by atoms with E-state index in [9.17, 15) is 4.79 Å². The first-order valence-electron chi connectivity index (χ1n) is 8.32. The number of hydrogen-bond donors (Lipinski definition) is 1. The van der Waals surface area contributed by atoms with Crippen molar-refractivity contribution in [3.8, 4) is 11.1 Å². The number of carbonyl (C=O) groups excluding carboxylic acids is 1. The lowest BCUT2D eigenvalue weighted by atomic mass is 10.1. The van der Waals surface area contributed by atoms with E-state index in [4.69, 9.17) is 4.84 Å². The van der Waals surface area contributed by atoms with Crippen molar-refractivity contribution in [3.63, 3.8) is 0 Å². The van der Waals surface area contributed by atoms with Crippen LogP contribution in [0.1, 0.15) is 31.4 Å². The normalized spacial score (nSPS) is 11.9. The summed E-state index contributed by atoms with van der Waals surface area (Å²) in [6, 6.07) is 16.2. The third kappa shape index (κ3) is 3.48. The molecule has 0 bridgehead atoms. The minimum absolute atomic E-state index is 0.0636. The molecule has 0 saturated carbocycles. The molecule has 1 N–H and O–H groups in total. The maximum Gasteiger partial charge on any atom is 0.260 e. The van der Waals surface area contributed by atoms with Gasteiger partial charge in [-0.1, -0.05) is 67.5 Å². The first-order valence-corrected chi connectivity index (χ1v) is 8.32. The summed E-state index contributed by atoms with van der Waals surface area (Å²) in [5.41, 5.74) is 5.17. The SMILES string of the molecule is CC(C)CCNC(=O)CON=C1c2ccccc2-c2ccccc21. The van der Waals surface area contributed by atoms with Crippen LogP contribution in [-0.2, 0) is 9.63 Å². The zero-order chi connectivity index (χ0) is 16.9. The Labute approximate surface area is 142 Å². The quantitative estimate of drug-likeness (QED) is 0.705. The summed E-state index contributed by atoms with van der Waals surface area (Å²) in [7, 11) is 0. The minimum atomic E-state index is -0.139. The summed E-state index contributed by atoms with van der Waals surface area (Å²) in [4.78, 5) is 17.1. The van der Waals surface area contributed by atoms with Gasteiger partial charge in [0.2, 0.25) is 0 Å². The number of benzene rings is 2. The van der Waals surface area contributed by atoms with Crippen molar-refractivity contribution in [1.82, 2.24) is 5.32 Å². The highest BCUT2D eigenvalue weighted by molar-refractivity contribution is 6.24. The van der Waals surface area contributed by atoms with Crippen LogP contribution in [0.3, 0.4) is 0 Å². The average Bonchev–Trinajstić information content (AvgIpc) is 2.89. The molecule has 0 saturated heterocycles. The van der Waals surface area contributed by atoms with Crippen molar-refractivity contribution >= 4 is 11.6 Å². The van der Waals surface area contributed by atoms with E-state index in [1.165, 1.54) is 0 Å². The number of nitrogens with one attached hydrogen (secondary N) is 1. The molecule has 1 amide bonds. The van der Waals surface area contributed by atoms with Crippen LogP contribution in [0.4, 0.5) is 0 Å². The maximum absolute atomic E-state index is 11.8. The van der Waals surface area contributed by atoms with Gasteiger partial charge in [-0.2, -0.15) is 0 Å². The van der Waals surface area contributed by atoms with Crippen LogP contribution in [-0.4, -0.2) is 24.8 Å². The van der Waals surface area contributed by atoms with E-state index in [1.807, 2.05) is 36.4 Å². The number of oxime groups is 1. The van der Waals surface area contributed by atoms with Gasteiger partial charge in [-0.3, -0.25) is 4.79 Å². The molecule has 0 radical (unpaired) electrons. The van der Waals surface area contributed by atoms with E-state index in [0.717, 1.165) is 34.4 Å². The van der Waals surface area contributed by atoms with Crippen LogP contribution in [0.15, 0.2) is 53.7 Å². The van der Waals surface area contributed by atoms with Crippen LogP contribution in [0.5, 0.6) is 0 Å². The molecule has 2 aromatic carbocycles. The molecular formula is C20H22N2O2. The van der Waals surface area contributed by atoms with Gasteiger partial charge in [-0.15, -0.1) is 0 Å². The summed E-state index contributed by atoms with van der Waals surface area (Å²) in [5, 5.41) is 7.09. The zero-order valence-corrected chi connectivity index (χ0v) is 14.1. The zero-order valence-electron chi connectivity index (χ0n) is 14.1. The number of nitrogens with zero attached hydrogens (tertiary/aromatic N) is 1. The number of hydrogen-bond acceptors (Lipinski definition) is 3. The third-order valence-corrected chi connectivity index (χ3v) is 4.05. The van der Waals surface area contributed by atoms with Gasteiger partial charge in [0.25, 0.3) is 5.91 Å². The van der Waals surface area contributed by atoms with Crippen LogP contribution in [0.25, 0.3) is 11.1 Å². The van der Waals surface area contributed by atoms with Gasteiger partial charge in [0.05, 0.1) is 0 Å². The molecule has 0 aromatic heterocycles. The Balaban J connectivity index is 1.68. The van der Waals surface area contributed by atoms with Gasteiger partial charge in [0, 0.05) is 17.7 Å². The first-order chi connectivity index (χ1) is 11.7. The second-order valence-corrected chi connectivity index (χ2v) is 6.34. The Morgan fingerprint density at radius 1 is 1.00 bits per heavy atom. The Morgan fingerprint density at radius 3 is 2.08 bits per heavy atom. The second kappa shape index (κ2) is 7.30. The Bertz CT molecular complexity index is 718. The molecule has 4 nitrogen and oxygen atoms in total. The molecule has 0 aliphatic heterocycles. The van der Waals surface area contributed by atoms with E-state index in [1.54, 1.807) is 0 Å². The summed E-state index contributed by atoms with van der Waals surface area (Å²) >= 11 is 0. The smallest absolute Gasteiger partial charge is 0.260 e. The molecule has 0 spiro atoms. The standard InChI is InChI=1S/C20H22N2O2/c1-14(2)11-12-21-19(23)13-24-22-20-17-9-5-3-7-15(17)16-8-4-6-10-18(16)20/h3-10,14H,11-13H2,1-2H3,(H,21,23). The van der Waals surface area contributed by atoms with Gasteiger partial charge < -0.3 is 10.2 Å². The van der Waals surface area contributed by atoms with Gasteiger partial charge >= 0.3 is 0 Å². The van der Waals surface area contributed by atoms with Crippen molar-refractivity contribution < 1.29 is 9.63 Å². The largest absolute Gasteiger partial charge is 0.385 e. The van der Waals surface area contributed by atoms with Crippen LogP contribution in [0, 0.1) is 5.92 Å². The lowest BCUT2D eigenvalue weighted by Crippen LogP contribution is -2.28. The Morgan fingerprint density at radius 2 is 1.54 bits per heavy atom. The minimum Gasteiger partial charge on any atom is -0.385 e. The van der Waals surface area contributed by atoms with Gasteiger partial charge in [-0.25, -0.2) is 0 Å². The van der Waals surface area contributed by atoms with E-state index in [-0.39, 0.29) is 12.5 Å². The highest BCUT2D eigenvalue weighted by Gasteiger charge is 2.24. The summed E-state index contributed by atoms with van der Waals surface area (Å²) in [5.74, 6) is 0.428. The molecule has 2 aromatic rings. The number of rotatable bonds is 6. The first kappa shape index (κ1) is 16.2. The molecule has 0 unspecified atom stereocenters. The molecule has 1 aliphatic carbocycles. The Kier molecular flexibility index (Phi) is 4.94. The summed E-state index contributed by atoms with van der Waals surface area (Å²) in [6.45, 7) is 4.86. The predicted octanol–water partition coefficient (Wildman–Crippen LogP) is 3.60. The number of fused-ring (bicyclic) bond motifs is 3. The van der Waals surface area contributed by atoms with E-state index in [2.05, 4.69) is 36.5 Å². The van der Waals surface area contributed by atoms with Crippen molar-refractivity contribution in [1.29, 1.82) is 0 Å². The van der Waals surface area contributed by atoms with Crippen molar-refractivity contribution in [2.24, 2.45) is 11.1 Å². The summed E-state index contributed by atoms with van der Waals surface area (Å²) < 4.78 is 0. The molecule has 1 aliphatic rings. The second-order valence-electron chi connectivity index (χ2n) is 6.34. The number of amides is 1. The molecule has 0 atom stereocenters. The van der Waals surface area contributed by atoms with Gasteiger partial charge in [0.1, 0.15) is 5.71 Å². The van der Waals surface area contributed by atoms with Crippen LogP contribution >= 0.6 is 0 Å². The fraction of sp³-hybridized carbons (Fsp3) is 0.300. The highest BCUT2D eigenvalue weighted by Crippen LogP contribution is 2.36. The van der Waals surface area contributed by atoms with Gasteiger partial charge in [0.15, 0.2) is 6.61 Å². The lowest BCUT2D eigenvalue weighted by Gasteiger charge is -2.07. The average molecular weight is 322 g/mol. The van der Waals surface area contributed by atoms with E-state index < -0.39 is 0 Å². The molecule has 0 heterocycles. The fourth-order valence-corrected chi connectivity index (χ4v) is 2.80. The predicted molar refractivity (Wildman–Crippen MR) is 95.9 cm³/mol. The molecular weight excluding hydrogens is 300 g/mol. The highest BCUT2D eigenvalue weighted by atomic mass is 16.6. The van der Waals surface area contributed by atoms with Crippen molar-refractivity contribution in [3.05, 3.63) is 59.7 Å². The molecule has 0 fully saturated rings. The van der Waals surface area contributed by atoms with Crippen molar-refractivity contribution in [2.75, 3.05) is 13.2 Å². The number of carbonyl (C=O) groups is 1. The van der Waals surface area contributed by atoms with Gasteiger partial charge in [-0.05, 0) is 23.5 Å². The molecule has 3 rings (SSSR count). The van der Waals surface area contributed by atoms with E-state index >= 15 is 0 Å². The van der Waals surface area contributed by atoms with Crippen molar-refractivity contribution in [2.45, 2.75) is 20.3 Å². The maximum atomic E-state index is 11.8. The monoisotopic (exact) mass is 322 g/mol. The fourth-order valence-electron chi connectivity index (χ4n) is 2.80. The Hall–Kier alpha value is -2.62. The third-order valence-electron chi connectivity index (χ3n) is 4.05. The van der Waals surface area contributed by atoms with Crippen LogP contribution < -0.4 is 5.32 Å². The topological polar surface area (TPSA) is 50.7 Å². The molecule has 4 heteroatoms. The summed E-state index contributed by atoms with van der Waals surface area (Å²) in [6.07, 6.45) is 0.959. The van der Waals surface area contributed by atoms with Crippen LogP contribution in [0.2, 0.25) is 0 Å². The lowest BCUT2D eigenvalue weighted by molar-refractivity contribution is -0.125.